The third kappa shape index (κ3) is 4.97. The maximum atomic E-state index is 12.3. The molecule has 132 valence electrons. The van der Waals surface area contributed by atoms with Crippen molar-refractivity contribution in [1.82, 2.24) is 4.90 Å². The second-order valence-electron chi connectivity index (χ2n) is 6.36. The summed E-state index contributed by atoms with van der Waals surface area (Å²) in [6.07, 6.45) is 1.94. The average Bonchev–Trinajstić information content (AvgIpc) is 3.11. The van der Waals surface area contributed by atoms with Gasteiger partial charge >= 0.3 is 0 Å². The number of nitrogens with zero attached hydrogens (tertiary/aromatic N) is 1. The molecule has 1 N–H and O–H groups in total. The van der Waals surface area contributed by atoms with Crippen molar-refractivity contribution in [2.75, 3.05) is 18.4 Å². The molecule has 5 heteroatoms. The SMILES string of the molecule is C[C@@H](Oc1ccccc1Cl)C(=O)Nc1ccc(CN2CCCC2)cc1. The first-order valence-electron chi connectivity index (χ1n) is 8.65. The van der Waals surface area contributed by atoms with Gasteiger partial charge in [0.25, 0.3) is 5.91 Å². The average molecular weight is 359 g/mol. The summed E-state index contributed by atoms with van der Waals surface area (Å²) in [7, 11) is 0. The summed E-state index contributed by atoms with van der Waals surface area (Å²) in [6.45, 7) is 5.03. The van der Waals surface area contributed by atoms with Crippen molar-refractivity contribution < 1.29 is 9.53 Å². The molecule has 1 saturated heterocycles. The van der Waals surface area contributed by atoms with E-state index in [2.05, 4.69) is 22.3 Å². The van der Waals surface area contributed by atoms with Crippen molar-refractivity contribution in [2.24, 2.45) is 0 Å². The standard InChI is InChI=1S/C20H23ClN2O2/c1-15(25-19-7-3-2-6-18(19)21)20(24)22-17-10-8-16(9-11-17)14-23-12-4-5-13-23/h2-3,6-11,15H,4-5,12-14H2,1H3,(H,22,24)/t15-/m1/s1. The maximum Gasteiger partial charge on any atom is 0.265 e. The molecule has 0 bridgehead atoms. The predicted molar refractivity (Wildman–Crippen MR) is 101 cm³/mol. The first-order chi connectivity index (χ1) is 12.1. The minimum absolute atomic E-state index is 0.202. The van der Waals surface area contributed by atoms with Gasteiger partial charge < -0.3 is 10.1 Å². The lowest BCUT2D eigenvalue weighted by Gasteiger charge is -2.16. The molecule has 0 radical (unpaired) electrons. The molecule has 2 aromatic carbocycles. The Bertz CT molecular complexity index is 712. The van der Waals surface area contributed by atoms with Gasteiger partial charge in [0.2, 0.25) is 0 Å². The highest BCUT2D eigenvalue weighted by Gasteiger charge is 2.16. The zero-order valence-corrected chi connectivity index (χ0v) is 15.1. The summed E-state index contributed by atoms with van der Waals surface area (Å²) in [4.78, 5) is 14.8. The molecular formula is C20H23ClN2O2. The van der Waals surface area contributed by atoms with Crippen LogP contribution in [0.2, 0.25) is 5.02 Å². The van der Waals surface area contributed by atoms with E-state index in [0.717, 1.165) is 12.2 Å². The van der Waals surface area contributed by atoms with Crippen molar-refractivity contribution in [2.45, 2.75) is 32.4 Å². The number of carbonyl (C=O) groups excluding carboxylic acids is 1. The van der Waals surface area contributed by atoms with Gasteiger partial charge in [-0.2, -0.15) is 0 Å². The van der Waals surface area contributed by atoms with Crippen LogP contribution in [0.25, 0.3) is 0 Å². The topological polar surface area (TPSA) is 41.6 Å². The Morgan fingerprint density at radius 2 is 1.84 bits per heavy atom. The van der Waals surface area contributed by atoms with E-state index in [0.29, 0.717) is 10.8 Å². The molecule has 1 aliphatic rings. The first kappa shape index (κ1) is 17.8. The molecule has 1 heterocycles. The molecule has 0 saturated carbocycles. The molecule has 25 heavy (non-hydrogen) atoms. The molecule has 4 nitrogen and oxygen atoms in total. The molecule has 1 aliphatic heterocycles. The van der Waals surface area contributed by atoms with Crippen LogP contribution in [0.15, 0.2) is 48.5 Å². The van der Waals surface area contributed by atoms with Gasteiger partial charge in [-0.25, -0.2) is 0 Å². The summed E-state index contributed by atoms with van der Waals surface area (Å²) < 4.78 is 5.64. The summed E-state index contributed by atoms with van der Waals surface area (Å²) in [5.41, 5.74) is 2.03. The van der Waals surface area contributed by atoms with E-state index in [1.165, 1.54) is 31.5 Å². The van der Waals surface area contributed by atoms with Crippen molar-refractivity contribution >= 4 is 23.2 Å². The molecule has 0 spiro atoms. The van der Waals surface area contributed by atoms with E-state index in [4.69, 9.17) is 16.3 Å². The number of nitrogens with one attached hydrogen (secondary N) is 1. The minimum Gasteiger partial charge on any atom is -0.479 e. The van der Waals surface area contributed by atoms with Gasteiger partial charge in [-0.1, -0.05) is 35.9 Å². The highest BCUT2D eigenvalue weighted by Crippen LogP contribution is 2.24. The summed E-state index contributed by atoms with van der Waals surface area (Å²) in [5.74, 6) is 0.306. The molecule has 2 aromatic rings. The third-order valence-corrected chi connectivity index (χ3v) is 4.65. The van der Waals surface area contributed by atoms with E-state index in [1.807, 2.05) is 24.3 Å². The normalized spacial score (nSPS) is 15.8. The maximum absolute atomic E-state index is 12.3. The number of amides is 1. The quantitative estimate of drug-likeness (QED) is 0.835. The number of carbonyl (C=O) groups is 1. The zero-order valence-electron chi connectivity index (χ0n) is 14.4. The lowest BCUT2D eigenvalue weighted by molar-refractivity contribution is -0.122. The smallest absolute Gasteiger partial charge is 0.265 e. The van der Waals surface area contributed by atoms with Crippen molar-refractivity contribution in [1.29, 1.82) is 0 Å². The summed E-state index contributed by atoms with van der Waals surface area (Å²) in [6, 6.07) is 15.1. The fraction of sp³-hybridized carbons (Fsp3) is 0.350. The Morgan fingerprint density at radius 1 is 1.16 bits per heavy atom. The Kier molecular flexibility index (Phi) is 5.95. The van der Waals surface area contributed by atoms with E-state index >= 15 is 0 Å². The van der Waals surface area contributed by atoms with Crippen LogP contribution in [-0.2, 0) is 11.3 Å². The largest absolute Gasteiger partial charge is 0.479 e. The molecule has 0 aromatic heterocycles. The fourth-order valence-corrected chi connectivity index (χ4v) is 3.10. The van der Waals surface area contributed by atoms with Crippen molar-refractivity contribution in [3.8, 4) is 5.75 Å². The van der Waals surface area contributed by atoms with Crippen LogP contribution in [0.4, 0.5) is 5.69 Å². The van der Waals surface area contributed by atoms with Crippen LogP contribution in [0, 0.1) is 0 Å². The fourth-order valence-electron chi connectivity index (χ4n) is 2.92. The number of anilines is 1. The Morgan fingerprint density at radius 3 is 2.52 bits per heavy atom. The number of likely N-dealkylation sites (tertiary alicyclic amines) is 1. The highest BCUT2D eigenvalue weighted by atomic mass is 35.5. The van der Waals surface area contributed by atoms with Crippen LogP contribution >= 0.6 is 11.6 Å². The Balaban J connectivity index is 1.54. The summed E-state index contributed by atoms with van der Waals surface area (Å²) >= 11 is 6.06. The molecule has 1 amide bonds. The van der Waals surface area contributed by atoms with Gasteiger partial charge in [0, 0.05) is 12.2 Å². The monoisotopic (exact) mass is 358 g/mol. The van der Waals surface area contributed by atoms with Crippen LogP contribution in [0.3, 0.4) is 0 Å². The van der Waals surface area contributed by atoms with Crippen LogP contribution in [-0.4, -0.2) is 30.0 Å². The second-order valence-corrected chi connectivity index (χ2v) is 6.77. The van der Waals surface area contributed by atoms with E-state index in [9.17, 15) is 4.79 Å². The zero-order chi connectivity index (χ0) is 17.6. The number of rotatable bonds is 6. The minimum atomic E-state index is -0.635. The van der Waals surface area contributed by atoms with Crippen molar-refractivity contribution in [3.05, 3.63) is 59.1 Å². The van der Waals surface area contributed by atoms with E-state index in [-0.39, 0.29) is 5.91 Å². The van der Waals surface area contributed by atoms with Gasteiger partial charge in [-0.3, -0.25) is 9.69 Å². The molecule has 1 atom stereocenters. The van der Waals surface area contributed by atoms with Gasteiger partial charge in [0.05, 0.1) is 5.02 Å². The number of para-hydroxylation sites is 1. The number of halogens is 1. The predicted octanol–water partition coefficient (Wildman–Crippen LogP) is 4.34. The lowest BCUT2D eigenvalue weighted by Crippen LogP contribution is -2.30. The van der Waals surface area contributed by atoms with Gasteiger partial charge in [0.15, 0.2) is 6.10 Å². The van der Waals surface area contributed by atoms with Crippen LogP contribution in [0.1, 0.15) is 25.3 Å². The molecule has 0 aliphatic carbocycles. The second kappa shape index (κ2) is 8.37. The first-order valence-corrected chi connectivity index (χ1v) is 9.03. The number of ether oxygens (including phenoxy) is 1. The van der Waals surface area contributed by atoms with Gasteiger partial charge in [0.1, 0.15) is 5.75 Å². The number of hydrogen-bond donors (Lipinski definition) is 1. The Hall–Kier alpha value is -2.04. The lowest BCUT2D eigenvalue weighted by atomic mass is 10.2. The summed E-state index contributed by atoms with van der Waals surface area (Å²) in [5, 5.41) is 3.38. The highest BCUT2D eigenvalue weighted by molar-refractivity contribution is 6.32. The van der Waals surface area contributed by atoms with Crippen LogP contribution in [0.5, 0.6) is 5.75 Å². The van der Waals surface area contributed by atoms with Crippen molar-refractivity contribution in [3.63, 3.8) is 0 Å². The number of benzene rings is 2. The number of hydrogen-bond acceptors (Lipinski definition) is 3. The molecular weight excluding hydrogens is 336 g/mol. The van der Waals surface area contributed by atoms with Crippen LogP contribution < -0.4 is 10.1 Å². The molecule has 0 unspecified atom stereocenters. The Labute approximate surface area is 153 Å². The molecule has 3 rings (SSSR count). The van der Waals surface area contributed by atoms with E-state index in [1.54, 1.807) is 19.1 Å². The van der Waals surface area contributed by atoms with Gasteiger partial charge in [-0.05, 0) is 62.7 Å². The van der Waals surface area contributed by atoms with Gasteiger partial charge in [-0.15, -0.1) is 0 Å². The third-order valence-electron chi connectivity index (χ3n) is 4.34. The van der Waals surface area contributed by atoms with E-state index < -0.39 is 6.10 Å². The molecule has 1 fully saturated rings.